The number of hydrogen-bond acceptors (Lipinski definition) is 7. The summed E-state index contributed by atoms with van der Waals surface area (Å²) in [5.41, 5.74) is 0.909. The van der Waals surface area contributed by atoms with Gasteiger partial charge in [0.1, 0.15) is 18.0 Å². The van der Waals surface area contributed by atoms with Crippen molar-refractivity contribution in [2.45, 2.75) is 32.1 Å². The summed E-state index contributed by atoms with van der Waals surface area (Å²) in [6.07, 6.45) is 5.73. The molecule has 2 saturated heterocycles. The van der Waals surface area contributed by atoms with Crippen LogP contribution in [-0.4, -0.2) is 69.5 Å². The number of aromatic nitrogens is 2. The number of amides is 3. The van der Waals surface area contributed by atoms with Gasteiger partial charge in [-0.3, -0.25) is 10.1 Å². The van der Waals surface area contributed by atoms with Gasteiger partial charge in [-0.15, -0.1) is 0 Å². The van der Waals surface area contributed by atoms with Crippen molar-refractivity contribution in [3.8, 4) is 11.6 Å². The molecule has 0 saturated carbocycles. The van der Waals surface area contributed by atoms with Crippen LogP contribution in [0.1, 0.15) is 31.2 Å². The first-order valence-corrected chi connectivity index (χ1v) is 14.6. The molecule has 0 radical (unpaired) electrons. The Kier molecular flexibility index (Phi) is 10.1. The van der Waals surface area contributed by atoms with Gasteiger partial charge in [0.05, 0.1) is 6.42 Å². The number of benzene rings is 2. The SMILES string of the molecule is O=C(Cc1ccc(F)cc1)NC(=S)Nc1ccc(Oc2cc(NC(=O)N3CCC(CN4CCCC4)CC3)ncn2)c(F)c1. The number of halogens is 2. The van der Waals surface area contributed by atoms with Gasteiger partial charge in [0.2, 0.25) is 11.8 Å². The van der Waals surface area contributed by atoms with E-state index in [0.29, 0.717) is 24.6 Å². The molecule has 0 atom stereocenters. The van der Waals surface area contributed by atoms with Crippen molar-refractivity contribution in [1.82, 2.24) is 25.1 Å². The third-order valence-electron chi connectivity index (χ3n) is 7.43. The van der Waals surface area contributed by atoms with Gasteiger partial charge in [0.25, 0.3) is 0 Å². The van der Waals surface area contributed by atoms with Crippen LogP contribution in [0.5, 0.6) is 11.6 Å². The van der Waals surface area contributed by atoms with Gasteiger partial charge >= 0.3 is 6.03 Å². The van der Waals surface area contributed by atoms with Crippen LogP contribution in [-0.2, 0) is 11.2 Å². The second kappa shape index (κ2) is 14.3. The van der Waals surface area contributed by atoms with Crippen molar-refractivity contribution >= 4 is 40.8 Å². The highest BCUT2D eigenvalue weighted by molar-refractivity contribution is 7.80. The molecule has 5 rings (SSSR count). The van der Waals surface area contributed by atoms with E-state index in [2.05, 4.69) is 30.8 Å². The minimum atomic E-state index is -0.702. The lowest BCUT2D eigenvalue weighted by atomic mass is 9.96. The second-order valence-corrected chi connectivity index (χ2v) is 11.1. The number of carbonyl (C=O) groups excluding carboxylic acids is 2. The molecule has 0 bridgehead atoms. The first-order valence-electron chi connectivity index (χ1n) is 14.2. The maximum Gasteiger partial charge on any atom is 0.323 e. The molecule has 43 heavy (non-hydrogen) atoms. The lowest BCUT2D eigenvalue weighted by molar-refractivity contribution is -0.119. The Labute approximate surface area is 253 Å². The first kappa shape index (κ1) is 30.2. The monoisotopic (exact) mass is 609 g/mol. The predicted octanol–water partition coefficient (Wildman–Crippen LogP) is 4.94. The van der Waals surface area contributed by atoms with E-state index < -0.39 is 17.5 Å². The summed E-state index contributed by atoms with van der Waals surface area (Å²) >= 11 is 5.15. The average Bonchev–Trinajstić information content (AvgIpc) is 3.49. The highest BCUT2D eigenvalue weighted by Gasteiger charge is 2.25. The van der Waals surface area contributed by atoms with Crippen molar-refractivity contribution in [2.24, 2.45) is 5.92 Å². The lowest BCUT2D eigenvalue weighted by Gasteiger charge is -2.33. The third-order valence-corrected chi connectivity index (χ3v) is 7.63. The Balaban J connectivity index is 1.09. The lowest BCUT2D eigenvalue weighted by Crippen LogP contribution is -2.43. The molecule has 3 aromatic rings. The van der Waals surface area contributed by atoms with E-state index in [1.54, 1.807) is 4.90 Å². The van der Waals surface area contributed by atoms with E-state index in [1.807, 2.05) is 0 Å². The Hall–Kier alpha value is -4.23. The van der Waals surface area contributed by atoms with Gasteiger partial charge in [-0.2, -0.15) is 0 Å². The molecule has 2 aliphatic rings. The fraction of sp³-hybridized carbons (Fsp3) is 0.367. The largest absolute Gasteiger partial charge is 0.436 e. The third kappa shape index (κ3) is 8.88. The Morgan fingerprint density at radius 2 is 1.70 bits per heavy atom. The highest BCUT2D eigenvalue weighted by atomic mass is 32.1. The molecule has 13 heteroatoms. The fourth-order valence-corrected chi connectivity index (χ4v) is 5.43. The summed E-state index contributed by atoms with van der Waals surface area (Å²) in [4.78, 5) is 37.5. The van der Waals surface area contributed by atoms with Crippen LogP contribution in [0.25, 0.3) is 0 Å². The number of anilines is 2. The molecule has 2 aliphatic heterocycles. The zero-order chi connectivity index (χ0) is 30.2. The summed E-state index contributed by atoms with van der Waals surface area (Å²) in [5, 5.41) is 8.01. The molecule has 3 amide bonds. The zero-order valence-electron chi connectivity index (χ0n) is 23.5. The molecule has 3 heterocycles. The fourth-order valence-electron chi connectivity index (χ4n) is 5.20. The van der Waals surface area contributed by atoms with Crippen molar-refractivity contribution < 1.29 is 23.1 Å². The Bertz CT molecular complexity index is 1450. The highest BCUT2D eigenvalue weighted by Crippen LogP contribution is 2.27. The van der Waals surface area contributed by atoms with E-state index in [-0.39, 0.29) is 40.7 Å². The molecule has 10 nitrogen and oxygen atoms in total. The number of nitrogens with zero attached hydrogens (tertiary/aromatic N) is 4. The van der Waals surface area contributed by atoms with Gasteiger partial charge in [-0.1, -0.05) is 12.1 Å². The second-order valence-electron chi connectivity index (χ2n) is 10.7. The van der Waals surface area contributed by atoms with E-state index in [0.717, 1.165) is 25.5 Å². The molecule has 3 N–H and O–H groups in total. The minimum Gasteiger partial charge on any atom is -0.436 e. The number of thiocarbonyl (C=S) groups is 1. The van der Waals surface area contributed by atoms with Crippen LogP contribution >= 0.6 is 12.2 Å². The van der Waals surface area contributed by atoms with Crippen LogP contribution in [0.15, 0.2) is 54.9 Å². The molecule has 226 valence electrons. The summed E-state index contributed by atoms with van der Waals surface area (Å²) in [5.74, 6) is -0.693. The summed E-state index contributed by atoms with van der Waals surface area (Å²) < 4.78 is 33.5. The standard InChI is InChI=1S/C30H33F2N7O3S/c31-22-5-3-20(4-6-22)15-27(40)37-29(43)35-23-7-8-25(24(32)16-23)42-28-17-26(33-19-34-28)36-30(41)39-13-9-21(10-14-39)18-38-11-1-2-12-38/h3-8,16-17,19,21H,1-2,9-15,18H2,(H,33,34,36,41)(H2,35,37,40,43). The number of urea groups is 1. The van der Waals surface area contributed by atoms with Crippen molar-refractivity contribution in [1.29, 1.82) is 0 Å². The molecule has 0 spiro atoms. The summed E-state index contributed by atoms with van der Waals surface area (Å²) in [6.45, 7) is 4.84. The number of nitrogens with one attached hydrogen (secondary N) is 3. The van der Waals surface area contributed by atoms with Gasteiger partial charge in [-0.05, 0) is 86.7 Å². The Morgan fingerprint density at radius 1 is 0.953 bits per heavy atom. The normalized spacial score (nSPS) is 15.6. The average molecular weight is 610 g/mol. The molecule has 2 aromatic carbocycles. The number of ether oxygens (including phenoxy) is 1. The molecular formula is C30H33F2N7O3S. The predicted molar refractivity (Wildman–Crippen MR) is 162 cm³/mol. The zero-order valence-corrected chi connectivity index (χ0v) is 24.3. The van der Waals surface area contributed by atoms with E-state index >= 15 is 0 Å². The minimum absolute atomic E-state index is 0.00195. The van der Waals surface area contributed by atoms with Gasteiger partial charge in [0.15, 0.2) is 16.7 Å². The van der Waals surface area contributed by atoms with Gasteiger partial charge in [0, 0.05) is 37.5 Å². The topological polar surface area (TPSA) is 112 Å². The van der Waals surface area contributed by atoms with E-state index in [4.69, 9.17) is 17.0 Å². The summed E-state index contributed by atoms with van der Waals surface area (Å²) in [7, 11) is 0. The van der Waals surface area contributed by atoms with Gasteiger partial charge in [-0.25, -0.2) is 23.5 Å². The molecule has 0 aliphatic carbocycles. The Morgan fingerprint density at radius 3 is 2.42 bits per heavy atom. The molecule has 2 fully saturated rings. The number of rotatable bonds is 8. The number of carbonyl (C=O) groups is 2. The number of piperidine rings is 1. The number of hydrogen-bond donors (Lipinski definition) is 3. The van der Waals surface area contributed by atoms with Crippen molar-refractivity contribution in [3.63, 3.8) is 0 Å². The quantitative estimate of drug-likeness (QED) is 0.308. The van der Waals surface area contributed by atoms with Crippen LogP contribution in [0.4, 0.5) is 25.1 Å². The molecule has 1 aromatic heterocycles. The van der Waals surface area contributed by atoms with Gasteiger partial charge < -0.3 is 25.2 Å². The molecular weight excluding hydrogens is 576 g/mol. The smallest absolute Gasteiger partial charge is 0.323 e. The maximum absolute atomic E-state index is 14.8. The maximum atomic E-state index is 14.8. The van der Waals surface area contributed by atoms with E-state index in [1.165, 1.54) is 74.7 Å². The van der Waals surface area contributed by atoms with Crippen molar-refractivity contribution in [2.75, 3.05) is 43.4 Å². The van der Waals surface area contributed by atoms with E-state index in [9.17, 15) is 18.4 Å². The first-order chi connectivity index (χ1) is 20.8. The van der Waals surface area contributed by atoms with Crippen LogP contribution in [0, 0.1) is 17.6 Å². The van der Waals surface area contributed by atoms with Crippen molar-refractivity contribution in [3.05, 3.63) is 72.1 Å². The number of likely N-dealkylation sites (tertiary alicyclic amines) is 2. The molecule has 0 unspecified atom stereocenters. The van der Waals surface area contributed by atoms with Crippen LogP contribution in [0.2, 0.25) is 0 Å². The van der Waals surface area contributed by atoms with Crippen LogP contribution < -0.4 is 20.7 Å². The summed E-state index contributed by atoms with van der Waals surface area (Å²) in [6, 6.07) is 10.8. The van der Waals surface area contributed by atoms with Crippen LogP contribution in [0.3, 0.4) is 0 Å².